The molecule has 0 spiro atoms. The van der Waals surface area contributed by atoms with Gasteiger partial charge in [-0.3, -0.25) is 18.9 Å². The lowest BCUT2D eigenvalue weighted by Gasteiger charge is -2.41. The topological polar surface area (TPSA) is 92.9 Å². The van der Waals surface area contributed by atoms with E-state index in [1.807, 2.05) is 17.0 Å². The third kappa shape index (κ3) is 6.43. The second-order valence-corrected chi connectivity index (χ2v) is 13.8. The van der Waals surface area contributed by atoms with Crippen LogP contribution in [0.5, 0.6) is 0 Å². The first-order chi connectivity index (χ1) is 20.1. The molecular weight excluding hydrogens is 560 g/mol. The van der Waals surface area contributed by atoms with Gasteiger partial charge >= 0.3 is 0 Å². The van der Waals surface area contributed by atoms with E-state index >= 15 is 8.78 Å². The molecule has 0 bridgehead atoms. The van der Waals surface area contributed by atoms with Gasteiger partial charge in [-0.05, 0) is 55.4 Å². The van der Waals surface area contributed by atoms with E-state index in [0.717, 1.165) is 43.8 Å². The normalized spacial score (nSPS) is 19.3. The van der Waals surface area contributed by atoms with Crippen molar-refractivity contribution in [3.8, 4) is 5.69 Å². The van der Waals surface area contributed by atoms with Gasteiger partial charge in [-0.15, -0.1) is 0 Å². The number of hydrogen-bond acceptors (Lipinski definition) is 8. The SMILES string of the molecule is Cc1ccc(Nc2ncc3ccn(-c4cc(F)c(CN5CCS(O)(O)CC5)c(F)c4)c3n2)cc1CN1CCN(C)CC1. The number of aromatic nitrogens is 3. The second-order valence-electron chi connectivity index (χ2n) is 11.4. The first kappa shape index (κ1) is 29.0. The van der Waals surface area contributed by atoms with Crippen molar-refractivity contribution < 1.29 is 17.9 Å². The average Bonchev–Trinajstić information content (AvgIpc) is 3.38. The lowest BCUT2D eigenvalue weighted by atomic mass is 10.1. The molecule has 0 aliphatic carbocycles. The maximum atomic E-state index is 15.2. The van der Waals surface area contributed by atoms with Gasteiger partial charge in [0.05, 0.1) is 17.2 Å². The highest BCUT2D eigenvalue weighted by atomic mass is 32.3. The summed E-state index contributed by atoms with van der Waals surface area (Å²) in [6, 6.07) is 10.7. The van der Waals surface area contributed by atoms with Gasteiger partial charge in [0.15, 0.2) is 0 Å². The molecule has 2 fully saturated rings. The Hall–Kier alpha value is -3.13. The lowest BCUT2D eigenvalue weighted by Crippen LogP contribution is -2.43. The number of fused-ring (bicyclic) bond motifs is 1. The Morgan fingerprint density at radius 3 is 2.31 bits per heavy atom. The quantitative estimate of drug-likeness (QED) is 0.272. The minimum Gasteiger partial charge on any atom is -0.324 e. The van der Waals surface area contributed by atoms with Crippen molar-refractivity contribution in [2.45, 2.75) is 20.0 Å². The van der Waals surface area contributed by atoms with Crippen LogP contribution in [0, 0.1) is 18.6 Å². The van der Waals surface area contributed by atoms with Crippen molar-refractivity contribution >= 4 is 33.3 Å². The van der Waals surface area contributed by atoms with Gasteiger partial charge in [0.1, 0.15) is 17.3 Å². The zero-order valence-electron chi connectivity index (χ0n) is 23.9. The first-order valence-electron chi connectivity index (χ1n) is 14.2. The van der Waals surface area contributed by atoms with Gasteiger partial charge in [-0.2, -0.15) is 15.6 Å². The fraction of sp³-hybridized carbons (Fsp3) is 0.400. The minimum absolute atomic E-state index is 0.0303. The maximum Gasteiger partial charge on any atom is 0.229 e. The molecule has 6 rings (SSSR count). The molecule has 2 aliphatic rings. The summed E-state index contributed by atoms with van der Waals surface area (Å²) >= 11 is 0. The Morgan fingerprint density at radius 2 is 1.60 bits per heavy atom. The van der Waals surface area contributed by atoms with E-state index in [-0.39, 0.29) is 23.6 Å². The number of nitrogens with one attached hydrogen (secondary N) is 1. The van der Waals surface area contributed by atoms with E-state index in [1.54, 1.807) is 17.0 Å². The number of hydrogen-bond donors (Lipinski definition) is 3. The second kappa shape index (κ2) is 11.9. The number of anilines is 2. The van der Waals surface area contributed by atoms with Crippen molar-refractivity contribution in [2.75, 3.05) is 63.1 Å². The molecule has 0 saturated carbocycles. The molecular formula is C30H37F2N7O2S. The highest BCUT2D eigenvalue weighted by molar-refractivity contribution is 8.24. The van der Waals surface area contributed by atoms with Gasteiger partial charge in [-0.1, -0.05) is 6.07 Å². The summed E-state index contributed by atoms with van der Waals surface area (Å²) in [5.41, 5.74) is 4.18. The number of likely N-dealkylation sites (N-methyl/N-ethyl adjacent to an activating group) is 1. The summed E-state index contributed by atoms with van der Waals surface area (Å²) in [6.45, 7) is 8.06. The highest BCUT2D eigenvalue weighted by Gasteiger charge is 2.24. The molecule has 3 N–H and O–H groups in total. The van der Waals surface area contributed by atoms with E-state index in [4.69, 9.17) is 4.98 Å². The monoisotopic (exact) mass is 597 g/mol. The molecule has 224 valence electrons. The van der Waals surface area contributed by atoms with Crippen LogP contribution in [0.25, 0.3) is 16.7 Å². The zero-order chi connectivity index (χ0) is 29.4. The molecule has 4 aromatic rings. The number of benzene rings is 2. The minimum atomic E-state index is -2.57. The van der Waals surface area contributed by atoms with E-state index in [9.17, 15) is 9.11 Å². The number of rotatable bonds is 7. The third-order valence-electron chi connectivity index (χ3n) is 8.28. The first-order valence-corrected chi connectivity index (χ1v) is 16.1. The summed E-state index contributed by atoms with van der Waals surface area (Å²) in [4.78, 5) is 15.8. The molecule has 0 unspecified atom stereocenters. The lowest BCUT2D eigenvalue weighted by molar-refractivity contribution is 0.148. The zero-order valence-corrected chi connectivity index (χ0v) is 24.7. The van der Waals surface area contributed by atoms with Gasteiger partial charge in [0.25, 0.3) is 0 Å². The van der Waals surface area contributed by atoms with Crippen LogP contribution in [-0.4, -0.2) is 96.2 Å². The maximum absolute atomic E-state index is 15.2. The molecule has 42 heavy (non-hydrogen) atoms. The smallest absolute Gasteiger partial charge is 0.229 e. The van der Waals surface area contributed by atoms with Crippen molar-refractivity contribution in [3.05, 3.63) is 77.1 Å². The molecule has 4 heterocycles. The van der Waals surface area contributed by atoms with Crippen LogP contribution in [0.4, 0.5) is 20.4 Å². The molecule has 0 amide bonds. The third-order valence-corrected chi connectivity index (χ3v) is 9.95. The predicted octanol–water partition coefficient (Wildman–Crippen LogP) is 5.06. The number of aryl methyl sites for hydroxylation is 1. The van der Waals surface area contributed by atoms with E-state index in [2.05, 4.69) is 46.2 Å². The van der Waals surface area contributed by atoms with Gasteiger partial charge in [0, 0.05) is 81.4 Å². The highest BCUT2D eigenvalue weighted by Crippen LogP contribution is 2.40. The summed E-state index contributed by atoms with van der Waals surface area (Å²) in [7, 11) is -0.421. The molecule has 2 aromatic carbocycles. The van der Waals surface area contributed by atoms with Crippen LogP contribution in [0.15, 0.2) is 48.8 Å². The largest absolute Gasteiger partial charge is 0.324 e. The standard InChI is InChI=1S/C30H37F2N7O2S/c1-21-3-4-24(15-23(21)19-37-9-7-36(2)8-10-37)34-30-33-18-22-5-6-39(29(22)35-30)25-16-27(31)26(28(32)17-25)20-38-11-13-42(40,41)14-12-38/h3-6,15-18,40-41H,7-14,19-20H2,1-2H3,(H,33,34,35). The van der Waals surface area contributed by atoms with Crippen molar-refractivity contribution in [3.63, 3.8) is 0 Å². The van der Waals surface area contributed by atoms with Crippen molar-refractivity contribution in [1.29, 1.82) is 0 Å². The van der Waals surface area contributed by atoms with Crippen LogP contribution < -0.4 is 5.32 Å². The van der Waals surface area contributed by atoms with Gasteiger partial charge < -0.3 is 14.8 Å². The van der Waals surface area contributed by atoms with Gasteiger partial charge in [-0.25, -0.2) is 13.8 Å². The Labute approximate surface area is 246 Å². The van der Waals surface area contributed by atoms with Crippen LogP contribution in [0.3, 0.4) is 0 Å². The van der Waals surface area contributed by atoms with Crippen LogP contribution in [0.1, 0.15) is 16.7 Å². The fourth-order valence-corrected chi connectivity index (χ4v) is 6.81. The van der Waals surface area contributed by atoms with Crippen molar-refractivity contribution in [2.24, 2.45) is 0 Å². The molecule has 12 heteroatoms. The fourth-order valence-electron chi connectivity index (χ4n) is 5.51. The molecule has 2 aromatic heterocycles. The Balaban J connectivity index is 1.20. The molecule has 2 saturated heterocycles. The summed E-state index contributed by atoms with van der Waals surface area (Å²) in [5, 5.41) is 4.06. The number of piperazine rings is 1. The van der Waals surface area contributed by atoms with E-state index < -0.39 is 22.2 Å². The Bertz CT molecular complexity index is 1560. The summed E-state index contributed by atoms with van der Waals surface area (Å²) < 4.78 is 51.7. The van der Waals surface area contributed by atoms with E-state index in [0.29, 0.717) is 30.4 Å². The Kier molecular flexibility index (Phi) is 8.18. The van der Waals surface area contributed by atoms with Crippen molar-refractivity contribution in [1.82, 2.24) is 29.2 Å². The van der Waals surface area contributed by atoms with Gasteiger partial charge in [0.2, 0.25) is 5.95 Å². The summed E-state index contributed by atoms with van der Waals surface area (Å²) in [6.07, 6.45) is 3.43. The average molecular weight is 598 g/mol. The van der Waals surface area contributed by atoms with E-state index in [1.165, 1.54) is 23.3 Å². The Morgan fingerprint density at radius 1 is 0.905 bits per heavy atom. The molecule has 0 atom stereocenters. The van der Waals surface area contributed by atoms with Crippen LogP contribution >= 0.6 is 10.6 Å². The molecule has 0 radical (unpaired) electrons. The van der Waals surface area contributed by atoms with Crippen LogP contribution in [-0.2, 0) is 13.1 Å². The predicted molar refractivity (Wildman–Crippen MR) is 164 cm³/mol. The summed E-state index contributed by atoms with van der Waals surface area (Å²) in [5.74, 6) is -0.460. The number of nitrogens with zero attached hydrogens (tertiary/aromatic N) is 6. The van der Waals surface area contributed by atoms with Crippen LogP contribution in [0.2, 0.25) is 0 Å². The number of halogens is 2. The molecule has 2 aliphatic heterocycles. The molecule has 9 nitrogen and oxygen atoms in total.